The maximum absolute atomic E-state index is 12.0. The van der Waals surface area contributed by atoms with Gasteiger partial charge in [0, 0.05) is 25.0 Å². The number of nitrogens with one attached hydrogen (secondary N) is 2. The monoisotopic (exact) mass is 273 g/mol. The summed E-state index contributed by atoms with van der Waals surface area (Å²) >= 11 is 0. The van der Waals surface area contributed by atoms with Crippen LogP contribution >= 0.6 is 12.4 Å². The van der Waals surface area contributed by atoms with Crippen LogP contribution in [0.25, 0.3) is 0 Å². The molecule has 1 amide bonds. The summed E-state index contributed by atoms with van der Waals surface area (Å²) in [6.45, 7) is 11.8. The van der Waals surface area contributed by atoms with Gasteiger partial charge in [0.25, 0.3) is 5.91 Å². The molecule has 1 aromatic heterocycles. The fourth-order valence-corrected chi connectivity index (χ4v) is 1.96. The van der Waals surface area contributed by atoms with E-state index in [-0.39, 0.29) is 18.3 Å². The minimum atomic E-state index is 0. The maximum Gasteiger partial charge on any atom is 0.253 e. The van der Waals surface area contributed by atoms with Gasteiger partial charge in [0.2, 0.25) is 0 Å². The van der Waals surface area contributed by atoms with E-state index in [1.807, 2.05) is 20.0 Å². The number of rotatable bonds is 6. The SMILES string of the molecule is CCN(CC)CCNC(=O)c1c(C)c[nH]c1C.Cl. The van der Waals surface area contributed by atoms with E-state index in [9.17, 15) is 4.79 Å². The molecule has 0 saturated heterocycles. The molecule has 2 N–H and O–H groups in total. The van der Waals surface area contributed by atoms with Crippen LogP contribution in [0.3, 0.4) is 0 Å². The number of hydrogen-bond acceptors (Lipinski definition) is 2. The Morgan fingerprint density at radius 2 is 1.94 bits per heavy atom. The summed E-state index contributed by atoms with van der Waals surface area (Å²) in [5.74, 6) is 0.0217. The highest BCUT2D eigenvalue weighted by molar-refractivity contribution is 5.96. The molecule has 0 atom stereocenters. The third-order valence-corrected chi connectivity index (χ3v) is 3.11. The minimum Gasteiger partial charge on any atom is -0.364 e. The number of hydrogen-bond donors (Lipinski definition) is 2. The Labute approximate surface area is 116 Å². The van der Waals surface area contributed by atoms with E-state index in [1.54, 1.807) is 0 Å². The first-order chi connectivity index (χ1) is 8.10. The van der Waals surface area contributed by atoms with Crippen LogP contribution in [0.2, 0.25) is 0 Å². The van der Waals surface area contributed by atoms with Crippen LogP contribution in [-0.4, -0.2) is 42.0 Å². The first kappa shape index (κ1) is 17.0. The number of amides is 1. The predicted octanol–water partition coefficient (Wildman–Crippen LogP) is 2.12. The lowest BCUT2D eigenvalue weighted by Gasteiger charge is -2.18. The van der Waals surface area contributed by atoms with E-state index in [4.69, 9.17) is 0 Å². The molecule has 1 heterocycles. The van der Waals surface area contributed by atoms with Crippen LogP contribution in [0.1, 0.15) is 35.5 Å². The number of aromatic amines is 1. The Morgan fingerprint density at radius 1 is 1.33 bits per heavy atom. The zero-order chi connectivity index (χ0) is 12.8. The average molecular weight is 274 g/mol. The van der Waals surface area contributed by atoms with Gasteiger partial charge in [-0.2, -0.15) is 0 Å². The molecule has 1 aromatic rings. The Morgan fingerprint density at radius 3 is 2.39 bits per heavy atom. The van der Waals surface area contributed by atoms with Crippen molar-refractivity contribution in [1.82, 2.24) is 15.2 Å². The second-order valence-corrected chi connectivity index (χ2v) is 4.25. The fourth-order valence-electron chi connectivity index (χ4n) is 1.96. The van der Waals surface area contributed by atoms with E-state index in [0.717, 1.165) is 36.5 Å². The lowest BCUT2D eigenvalue weighted by molar-refractivity contribution is 0.0948. The van der Waals surface area contributed by atoms with Gasteiger partial charge in [0.05, 0.1) is 5.56 Å². The van der Waals surface area contributed by atoms with Gasteiger partial charge in [-0.1, -0.05) is 13.8 Å². The average Bonchev–Trinajstić information content (AvgIpc) is 2.64. The number of H-pyrrole nitrogens is 1. The minimum absolute atomic E-state index is 0. The molecule has 18 heavy (non-hydrogen) atoms. The van der Waals surface area contributed by atoms with Gasteiger partial charge in [0.15, 0.2) is 0 Å². The summed E-state index contributed by atoms with van der Waals surface area (Å²) in [5, 5.41) is 2.97. The van der Waals surface area contributed by atoms with Crippen molar-refractivity contribution >= 4 is 18.3 Å². The third kappa shape index (κ3) is 4.35. The van der Waals surface area contributed by atoms with E-state index in [0.29, 0.717) is 6.54 Å². The first-order valence-corrected chi connectivity index (χ1v) is 6.25. The van der Waals surface area contributed by atoms with Gasteiger partial charge in [-0.3, -0.25) is 4.79 Å². The predicted molar refractivity (Wildman–Crippen MR) is 77.6 cm³/mol. The Balaban J connectivity index is 0.00000289. The lowest BCUT2D eigenvalue weighted by atomic mass is 10.1. The molecule has 0 aromatic carbocycles. The fraction of sp³-hybridized carbons (Fsp3) is 0.615. The molecule has 0 aliphatic carbocycles. The highest BCUT2D eigenvalue weighted by atomic mass is 35.5. The van der Waals surface area contributed by atoms with Gasteiger partial charge < -0.3 is 15.2 Å². The van der Waals surface area contributed by atoms with Gasteiger partial charge in [-0.05, 0) is 32.5 Å². The number of aryl methyl sites for hydroxylation is 2. The molecule has 0 fully saturated rings. The Bertz CT molecular complexity index is 353. The van der Waals surface area contributed by atoms with Crippen LogP contribution < -0.4 is 5.32 Å². The van der Waals surface area contributed by atoms with Crippen molar-refractivity contribution < 1.29 is 4.79 Å². The molecule has 104 valence electrons. The zero-order valence-corrected chi connectivity index (χ0v) is 12.5. The summed E-state index contributed by atoms with van der Waals surface area (Å²) in [4.78, 5) is 17.3. The number of aromatic nitrogens is 1. The molecule has 5 heteroatoms. The molecule has 0 unspecified atom stereocenters. The standard InChI is InChI=1S/C13H23N3O.ClH/c1-5-16(6-2)8-7-14-13(17)12-10(3)9-15-11(12)4;/h9,15H,5-8H2,1-4H3,(H,14,17);1H. The van der Waals surface area contributed by atoms with Gasteiger partial charge in [-0.25, -0.2) is 0 Å². The topological polar surface area (TPSA) is 48.1 Å². The normalized spacial score (nSPS) is 10.3. The molecule has 0 aliphatic heterocycles. The summed E-state index contributed by atoms with van der Waals surface area (Å²) in [5.41, 5.74) is 2.72. The van der Waals surface area contributed by atoms with Crippen molar-refractivity contribution in [2.75, 3.05) is 26.2 Å². The Kier molecular flexibility index (Phi) is 7.71. The second-order valence-electron chi connectivity index (χ2n) is 4.25. The van der Waals surface area contributed by atoms with Crippen LogP contribution in [0.15, 0.2) is 6.20 Å². The van der Waals surface area contributed by atoms with Crippen LogP contribution in [-0.2, 0) is 0 Å². The van der Waals surface area contributed by atoms with Gasteiger partial charge in [-0.15, -0.1) is 12.4 Å². The highest BCUT2D eigenvalue weighted by Crippen LogP contribution is 2.11. The van der Waals surface area contributed by atoms with Gasteiger partial charge >= 0.3 is 0 Å². The van der Waals surface area contributed by atoms with Crippen LogP contribution in [0, 0.1) is 13.8 Å². The summed E-state index contributed by atoms with van der Waals surface area (Å²) in [6, 6.07) is 0. The third-order valence-electron chi connectivity index (χ3n) is 3.11. The Hall–Kier alpha value is -1.00. The molecule has 4 nitrogen and oxygen atoms in total. The quantitative estimate of drug-likeness (QED) is 0.834. The lowest BCUT2D eigenvalue weighted by Crippen LogP contribution is -2.35. The number of carbonyl (C=O) groups is 1. The van der Waals surface area contributed by atoms with E-state index in [2.05, 4.69) is 29.0 Å². The number of carbonyl (C=O) groups excluding carboxylic acids is 1. The van der Waals surface area contributed by atoms with Crippen molar-refractivity contribution in [1.29, 1.82) is 0 Å². The summed E-state index contributed by atoms with van der Waals surface area (Å²) in [6.07, 6.45) is 1.87. The molecule has 0 radical (unpaired) electrons. The van der Waals surface area contributed by atoms with E-state index < -0.39 is 0 Å². The molecule has 0 aliphatic rings. The van der Waals surface area contributed by atoms with E-state index >= 15 is 0 Å². The largest absolute Gasteiger partial charge is 0.364 e. The van der Waals surface area contributed by atoms with Crippen LogP contribution in [0.4, 0.5) is 0 Å². The summed E-state index contributed by atoms with van der Waals surface area (Å²) in [7, 11) is 0. The highest BCUT2D eigenvalue weighted by Gasteiger charge is 2.13. The van der Waals surface area contributed by atoms with Crippen molar-refractivity contribution in [3.8, 4) is 0 Å². The van der Waals surface area contributed by atoms with Crippen molar-refractivity contribution in [2.24, 2.45) is 0 Å². The van der Waals surface area contributed by atoms with Crippen LogP contribution in [0.5, 0.6) is 0 Å². The number of nitrogens with zero attached hydrogens (tertiary/aromatic N) is 1. The second kappa shape index (κ2) is 8.16. The molecule has 0 bridgehead atoms. The summed E-state index contributed by atoms with van der Waals surface area (Å²) < 4.78 is 0. The molecule has 1 rings (SSSR count). The van der Waals surface area contributed by atoms with Crippen molar-refractivity contribution in [2.45, 2.75) is 27.7 Å². The number of likely N-dealkylation sites (N-methyl/N-ethyl adjacent to an activating group) is 1. The molecular formula is C13H24ClN3O. The zero-order valence-electron chi connectivity index (χ0n) is 11.7. The van der Waals surface area contributed by atoms with Crippen molar-refractivity contribution in [3.05, 3.63) is 23.0 Å². The van der Waals surface area contributed by atoms with Crippen molar-refractivity contribution in [3.63, 3.8) is 0 Å². The van der Waals surface area contributed by atoms with E-state index in [1.165, 1.54) is 0 Å². The molecular weight excluding hydrogens is 250 g/mol. The first-order valence-electron chi connectivity index (χ1n) is 6.25. The van der Waals surface area contributed by atoms with Gasteiger partial charge in [0.1, 0.15) is 0 Å². The molecule has 0 saturated carbocycles. The smallest absolute Gasteiger partial charge is 0.253 e. The molecule has 0 spiro atoms. The number of halogens is 1. The maximum atomic E-state index is 12.0.